The number of benzene rings is 1. The van der Waals surface area contributed by atoms with Gasteiger partial charge >= 0.3 is 6.18 Å². The van der Waals surface area contributed by atoms with Crippen LogP contribution in [0.2, 0.25) is 0 Å². The number of hydrogen-bond donors (Lipinski definition) is 2. The SMILES string of the molecule is CCNc1nc(NCCCC(F)(F)F)c2ccccc2n1. The zero-order chi connectivity index (χ0) is 15.3. The highest BCUT2D eigenvalue weighted by Gasteiger charge is 2.25. The minimum absolute atomic E-state index is 0.0123. The van der Waals surface area contributed by atoms with Gasteiger partial charge in [-0.25, -0.2) is 4.98 Å². The highest BCUT2D eigenvalue weighted by atomic mass is 19.4. The molecular weight excluding hydrogens is 281 g/mol. The maximum atomic E-state index is 12.1. The summed E-state index contributed by atoms with van der Waals surface area (Å²) in [5.41, 5.74) is 0.752. The highest BCUT2D eigenvalue weighted by molar-refractivity contribution is 5.89. The first-order valence-corrected chi connectivity index (χ1v) is 6.81. The first-order chi connectivity index (χ1) is 9.99. The van der Waals surface area contributed by atoms with Gasteiger partial charge in [0.2, 0.25) is 5.95 Å². The normalized spacial score (nSPS) is 11.6. The largest absolute Gasteiger partial charge is 0.389 e. The smallest absolute Gasteiger partial charge is 0.369 e. The molecule has 2 rings (SSSR count). The van der Waals surface area contributed by atoms with Gasteiger partial charge < -0.3 is 10.6 Å². The van der Waals surface area contributed by atoms with Crippen molar-refractivity contribution in [2.75, 3.05) is 23.7 Å². The van der Waals surface area contributed by atoms with Crippen LogP contribution in [0.4, 0.5) is 24.9 Å². The molecule has 0 radical (unpaired) electrons. The van der Waals surface area contributed by atoms with Crippen LogP contribution in [0.25, 0.3) is 10.9 Å². The summed E-state index contributed by atoms with van der Waals surface area (Å²) in [5.74, 6) is 1.02. The Labute approximate surface area is 120 Å². The van der Waals surface area contributed by atoms with Gasteiger partial charge in [-0.3, -0.25) is 0 Å². The van der Waals surface area contributed by atoms with E-state index in [9.17, 15) is 13.2 Å². The first kappa shape index (κ1) is 15.3. The molecular formula is C14H17F3N4. The molecule has 0 aliphatic carbocycles. The highest BCUT2D eigenvalue weighted by Crippen LogP contribution is 2.23. The third-order valence-electron chi connectivity index (χ3n) is 2.87. The van der Waals surface area contributed by atoms with Crippen molar-refractivity contribution in [2.45, 2.75) is 25.9 Å². The van der Waals surface area contributed by atoms with E-state index in [1.54, 1.807) is 0 Å². The zero-order valence-corrected chi connectivity index (χ0v) is 11.7. The summed E-state index contributed by atoms with van der Waals surface area (Å²) in [6, 6.07) is 7.40. The van der Waals surface area contributed by atoms with Gasteiger partial charge in [-0.2, -0.15) is 18.2 Å². The second-order valence-corrected chi connectivity index (χ2v) is 4.59. The van der Waals surface area contributed by atoms with E-state index in [0.29, 0.717) is 18.3 Å². The van der Waals surface area contributed by atoms with Crippen molar-refractivity contribution in [1.29, 1.82) is 0 Å². The molecule has 0 saturated heterocycles. The van der Waals surface area contributed by atoms with Crippen LogP contribution in [0, 0.1) is 0 Å². The molecule has 0 aliphatic rings. The van der Waals surface area contributed by atoms with Crippen LogP contribution >= 0.6 is 0 Å². The summed E-state index contributed by atoms with van der Waals surface area (Å²) in [4.78, 5) is 8.66. The van der Waals surface area contributed by atoms with Crippen molar-refractivity contribution in [3.05, 3.63) is 24.3 Å². The lowest BCUT2D eigenvalue weighted by molar-refractivity contribution is -0.134. The number of halogens is 3. The van der Waals surface area contributed by atoms with Crippen LogP contribution in [-0.2, 0) is 0 Å². The molecule has 2 aromatic rings. The Morgan fingerprint density at radius 2 is 1.86 bits per heavy atom. The van der Waals surface area contributed by atoms with Crippen LogP contribution in [0.1, 0.15) is 19.8 Å². The van der Waals surface area contributed by atoms with Crippen LogP contribution < -0.4 is 10.6 Å². The van der Waals surface area contributed by atoms with Crippen molar-refractivity contribution >= 4 is 22.7 Å². The van der Waals surface area contributed by atoms with E-state index in [2.05, 4.69) is 20.6 Å². The van der Waals surface area contributed by atoms with Crippen LogP contribution in [0.5, 0.6) is 0 Å². The number of anilines is 2. The molecule has 0 bridgehead atoms. The second-order valence-electron chi connectivity index (χ2n) is 4.59. The Balaban J connectivity index is 2.13. The van der Waals surface area contributed by atoms with Gasteiger partial charge in [-0.1, -0.05) is 12.1 Å². The van der Waals surface area contributed by atoms with Gasteiger partial charge in [-0.05, 0) is 25.5 Å². The molecule has 0 saturated carbocycles. The van der Waals surface area contributed by atoms with E-state index < -0.39 is 12.6 Å². The Bertz CT molecular complexity index is 598. The monoisotopic (exact) mass is 298 g/mol. The third-order valence-corrected chi connectivity index (χ3v) is 2.87. The number of alkyl halides is 3. The number of hydrogen-bond acceptors (Lipinski definition) is 4. The molecule has 0 amide bonds. The number of fused-ring (bicyclic) bond motifs is 1. The molecule has 0 aliphatic heterocycles. The number of nitrogens with zero attached hydrogens (tertiary/aromatic N) is 2. The maximum Gasteiger partial charge on any atom is 0.389 e. The van der Waals surface area contributed by atoms with Crippen molar-refractivity contribution in [3.63, 3.8) is 0 Å². The number of para-hydroxylation sites is 1. The lowest BCUT2D eigenvalue weighted by Gasteiger charge is -2.11. The summed E-state index contributed by atoms with van der Waals surface area (Å²) in [6.45, 7) is 2.81. The van der Waals surface area contributed by atoms with Gasteiger partial charge in [0.25, 0.3) is 0 Å². The lowest BCUT2D eigenvalue weighted by Crippen LogP contribution is -2.12. The summed E-state index contributed by atoms with van der Waals surface area (Å²) in [6.07, 6.45) is -4.91. The Hall–Kier alpha value is -2.05. The lowest BCUT2D eigenvalue weighted by atomic mass is 10.2. The summed E-state index contributed by atoms with van der Waals surface area (Å²) in [7, 11) is 0. The Morgan fingerprint density at radius 3 is 2.57 bits per heavy atom. The summed E-state index contributed by atoms with van der Waals surface area (Å²) >= 11 is 0. The maximum absolute atomic E-state index is 12.1. The summed E-state index contributed by atoms with van der Waals surface area (Å²) in [5, 5.41) is 6.78. The second kappa shape index (κ2) is 6.60. The molecule has 0 fully saturated rings. The average Bonchev–Trinajstić information content (AvgIpc) is 2.43. The van der Waals surface area contributed by atoms with E-state index >= 15 is 0 Å². The Kier molecular flexibility index (Phi) is 4.82. The number of aromatic nitrogens is 2. The fraction of sp³-hybridized carbons (Fsp3) is 0.429. The average molecular weight is 298 g/mol. The van der Waals surface area contributed by atoms with Crippen molar-refractivity contribution < 1.29 is 13.2 Å². The van der Waals surface area contributed by atoms with Crippen molar-refractivity contribution in [3.8, 4) is 0 Å². The predicted octanol–water partition coefficient (Wildman–Crippen LogP) is 3.82. The van der Waals surface area contributed by atoms with E-state index in [1.165, 1.54) is 0 Å². The van der Waals surface area contributed by atoms with Gasteiger partial charge in [-0.15, -0.1) is 0 Å². The van der Waals surface area contributed by atoms with E-state index in [0.717, 1.165) is 10.9 Å². The standard InChI is InChI=1S/C14H17F3N4/c1-2-18-13-20-11-7-4-3-6-10(11)12(21-13)19-9-5-8-14(15,16)17/h3-4,6-7H,2,5,8-9H2,1H3,(H2,18,19,20,21). The molecule has 2 N–H and O–H groups in total. The fourth-order valence-electron chi connectivity index (χ4n) is 1.94. The van der Waals surface area contributed by atoms with Crippen molar-refractivity contribution in [1.82, 2.24) is 9.97 Å². The van der Waals surface area contributed by atoms with E-state index in [-0.39, 0.29) is 13.0 Å². The third kappa shape index (κ3) is 4.47. The van der Waals surface area contributed by atoms with Crippen molar-refractivity contribution in [2.24, 2.45) is 0 Å². The molecule has 4 nitrogen and oxygen atoms in total. The van der Waals surface area contributed by atoms with Gasteiger partial charge in [0, 0.05) is 24.9 Å². The van der Waals surface area contributed by atoms with Gasteiger partial charge in [0.15, 0.2) is 0 Å². The van der Waals surface area contributed by atoms with E-state index in [4.69, 9.17) is 0 Å². The molecule has 1 aromatic heterocycles. The van der Waals surface area contributed by atoms with Crippen LogP contribution in [0.3, 0.4) is 0 Å². The minimum atomic E-state index is -4.12. The minimum Gasteiger partial charge on any atom is -0.369 e. The van der Waals surface area contributed by atoms with Crippen LogP contribution in [0.15, 0.2) is 24.3 Å². The Morgan fingerprint density at radius 1 is 1.10 bits per heavy atom. The molecule has 7 heteroatoms. The number of rotatable bonds is 6. The molecule has 114 valence electrons. The molecule has 0 atom stereocenters. The first-order valence-electron chi connectivity index (χ1n) is 6.81. The van der Waals surface area contributed by atoms with Crippen LogP contribution in [-0.4, -0.2) is 29.2 Å². The van der Waals surface area contributed by atoms with E-state index in [1.807, 2.05) is 31.2 Å². The quantitative estimate of drug-likeness (QED) is 0.796. The molecule has 1 aromatic carbocycles. The number of nitrogens with one attached hydrogen (secondary N) is 2. The summed E-state index contributed by atoms with van der Waals surface area (Å²) < 4.78 is 36.4. The van der Waals surface area contributed by atoms with Gasteiger partial charge in [0.05, 0.1) is 5.52 Å². The molecule has 0 unspecified atom stereocenters. The fourth-order valence-corrected chi connectivity index (χ4v) is 1.94. The molecule has 0 spiro atoms. The predicted molar refractivity (Wildman–Crippen MR) is 77.5 cm³/mol. The molecule has 21 heavy (non-hydrogen) atoms. The topological polar surface area (TPSA) is 49.8 Å². The zero-order valence-electron chi connectivity index (χ0n) is 11.7. The van der Waals surface area contributed by atoms with Gasteiger partial charge in [0.1, 0.15) is 5.82 Å². The molecule has 1 heterocycles.